The number of hydrogen-bond donors (Lipinski definition) is 2. The quantitative estimate of drug-likeness (QED) is 0.871. The first-order valence-corrected chi connectivity index (χ1v) is 10.1. The molecule has 3 aliphatic carbocycles. The minimum Gasteiger partial charge on any atom is -0.497 e. The lowest BCUT2D eigenvalue weighted by Crippen LogP contribution is -2.52. The first-order chi connectivity index (χ1) is 12.5. The molecule has 0 aliphatic heterocycles. The molecule has 1 aromatic carbocycles. The van der Waals surface area contributed by atoms with E-state index >= 15 is 0 Å². The predicted molar refractivity (Wildman–Crippen MR) is 101 cm³/mol. The lowest BCUT2D eigenvalue weighted by Gasteiger charge is -2.50. The average molecular weight is 357 g/mol. The number of amides is 1. The highest BCUT2D eigenvalue weighted by atomic mass is 16.5. The maximum absolute atomic E-state index is 12.0. The summed E-state index contributed by atoms with van der Waals surface area (Å²) in [6.07, 6.45) is 5.34. The molecular formula is C22H31NO3. The minimum absolute atomic E-state index is 0.00931. The monoisotopic (exact) mass is 357 g/mol. The van der Waals surface area contributed by atoms with Gasteiger partial charge in [-0.1, -0.05) is 19.9 Å². The summed E-state index contributed by atoms with van der Waals surface area (Å²) < 4.78 is 5.40. The molecule has 3 aliphatic rings. The van der Waals surface area contributed by atoms with Crippen LogP contribution < -0.4 is 10.1 Å². The Hall–Kier alpha value is -1.55. The summed E-state index contributed by atoms with van der Waals surface area (Å²) in [5.74, 6) is 2.66. The van der Waals surface area contributed by atoms with E-state index < -0.39 is 6.10 Å². The lowest BCUT2D eigenvalue weighted by molar-refractivity contribution is -0.123. The van der Waals surface area contributed by atoms with Crippen molar-refractivity contribution in [3.63, 3.8) is 0 Å². The summed E-state index contributed by atoms with van der Waals surface area (Å²) in [7, 11) is 1.73. The second-order valence-electron chi connectivity index (χ2n) is 8.73. The third kappa shape index (κ3) is 2.65. The number of benzene rings is 1. The third-order valence-electron chi connectivity index (χ3n) is 7.60. The van der Waals surface area contributed by atoms with E-state index in [0.717, 1.165) is 31.4 Å². The molecule has 2 fully saturated rings. The number of rotatable bonds is 3. The van der Waals surface area contributed by atoms with Gasteiger partial charge in [0.1, 0.15) is 5.75 Å². The molecule has 142 valence electrons. The molecule has 0 bridgehead atoms. The summed E-state index contributed by atoms with van der Waals surface area (Å²) in [5, 5.41) is 13.9. The smallest absolute Gasteiger partial charge is 0.220 e. The van der Waals surface area contributed by atoms with Crippen molar-refractivity contribution in [1.82, 2.24) is 5.32 Å². The molecule has 2 N–H and O–H groups in total. The van der Waals surface area contributed by atoms with Crippen LogP contribution in [0.25, 0.3) is 0 Å². The molecule has 0 heterocycles. The second kappa shape index (κ2) is 6.56. The van der Waals surface area contributed by atoms with E-state index in [1.807, 2.05) is 6.92 Å². The van der Waals surface area contributed by atoms with E-state index in [4.69, 9.17) is 4.74 Å². The maximum atomic E-state index is 12.0. The van der Waals surface area contributed by atoms with Gasteiger partial charge in [-0.05, 0) is 78.5 Å². The Balaban J connectivity index is 1.62. The van der Waals surface area contributed by atoms with Gasteiger partial charge in [-0.15, -0.1) is 0 Å². The Morgan fingerprint density at radius 1 is 1.38 bits per heavy atom. The maximum Gasteiger partial charge on any atom is 0.220 e. The van der Waals surface area contributed by atoms with Gasteiger partial charge in [0.2, 0.25) is 5.91 Å². The number of methoxy groups -OCH3 is 1. The third-order valence-corrected chi connectivity index (χ3v) is 7.60. The lowest BCUT2D eigenvalue weighted by atomic mass is 9.55. The number of aliphatic hydroxyl groups excluding tert-OH is 1. The number of aliphatic hydroxyl groups is 1. The van der Waals surface area contributed by atoms with Gasteiger partial charge in [-0.3, -0.25) is 4.79 Å². The molecule has 1 aromatic rings. The number of nitrogens with one attached hydrogen (secondary N) is 1. The summed E-state index contributed by atoms with van der Waals surface area (Å²) in [6.45, 7) is 4.17. The zero-order chi connectivity index (χ0) is 18.5. The molecule has 0 unspecified atom stereocenters. The highest BCUT2D eigenvalue weighted by Crippen LogP contribution is 2.61. The number of fused-ring (bicyclic) bond motifs is 5. The van der Waals surface area contributed by atoms with Crippen LogP contribution in [0.1, 0.15) is 63.0 Å². The van der Waals surface area contributed by atoms with Crippen molar-refractivity contribution in [3.05, 3.63) is 29.3 Å². The summed E-state index contributed by atoms with van der Waals surface area (Å²) in [6, 6.07) is 6.45. The Morgan fingerprint density at radius 3 is 2.92 bits per heavy atom. The average Bonchev–Trinajstić information content (AvgIpc) is 2.91. The van der Waals surface area contributed by atoms with Crippen molar-refractivity contribution in [1.29, 1.82) is 0 Å². The highest BCUT2D eigenvalue weighted by Gasteiger charge is 2.58. The molecule has 0 radical (unpaired) electrons. The van der Waals surface area contributed by atoms with Crippen molar-refractivity contribution in [2.75, 3.05) is 7.11 Å². The van der Waals surface area contributed by atoms with Gasteiger partial charge in [0.15, 0.2) is 0 Å². The zero-order valence-electron chi connectivity index (χ0n) is 16.1. The molecule has 0 saturated heterocycles. The second-order valence-corrected chi connectivity index (χ2v) is 8.73. The van der Waals surface area contributed by atoms with Crippen LogP contribution in [-0.2, 0) is 11.2 Å². The Morgan fingerprint density at radius 2 is 2.19 bits per heavy atom. The fourth-order valence-corrected chi connectivity index (χ4v) is 6.24. The molecule has 1 amide bonds. The molecule has 26 heavy (non-hydrogen) atoms. The van der Waals surface area contributed by atoms with Crippen LogP contribution >= 0.6 is 0 Å². The van der Waals surface area contributed by atoms with Crippen LogP contribution in [0.3, 0.4) is 0 Å². The molecule has 0 spiro atoms. The van der Waals surface area contributed by atoms with Gasteiger partial charge >= 0.3 is 0 Å². The summed E-state index contributed by atoms with van der Waals surface area (Å²) in [5.41, 5.74) is 2.93. The van der Waals surface area contributed by atoms with Gasteiger partial charge < -0.3 is 15.2 Å². The first-order valence-electron chi connectivity index (χ1n) is 10.1. The van der Waals surface area contributed by atoms with E-state index in [2.05, 4.69) is 30.4 Å². The molecule has 4 heteroatoms. The molecule has 0 aromatic heterocycles. The van der Waals surface area contributed by atoms with Crippen LogP contribution in [0.2, 0.25) is 0 Å². The molecule has 2 saturated carbocycles. The minimum atomic E-state index is -0.420. The predicted octanol–water partition coefficient (Wildman–Crippen LogP) is 3.42. The van der Waals surface area contributed by atoms with Crippen molar-refractivity contribution in [2.45, 2.75) is 70.4 Å². The standard InChI is InChI=1S/C22H31NO3/c1-4-20(25)23-21-19(24)12-18-17-7-5-13-11-14(26-3)6-8-15(13)16(17)9-10-22(18,21)2/h6,8,11,16-19,21,24H,4-5,7,9-10,12H2,1-3H3,(H,23,25)/t16-,17-,18+,19-,21+,22+/m1/s1. The number of aryl methyl sites for hydroxylation is 1. The Bertz CT molecular complexity index is 703. The number of carbonyl (C=O) groups excluding carboxylic acids is 1. The summed E-state index contributed by atoms with van der Waals surface area (Å²) >= 11 is 0. The van der Waals surface area contributed by atoms with Gasteiger partial charge in [0.05, 0.1) is 19.3 Å². The van der Waals surface area contributed by atoms with E-state index in [9.17, 15) is 9.90 Å². The Kier molecular flexibility index (Phi) is 4.50. The normalized spacial score (nSPS) is 38.1. The Labute approximate surface area is 156 Å². The van der Waals surface area contributed by atoms with E-state index in [1.54, 1.807) is 7.11 Å². The van der Waals surface area contributed by atoms with E-state index in [0.29, 0.717) is 24.2 Å². The molecule has 6 atom stereocenters. The van der Waals surface area contributed by atoms with Crippen molar-refractivity contribution >= 4 is 5.91 Å². The van der Waals surface area contributed by atoms with E-state index in [-0.39, 0.29) is 17.4 Å². The number of ether oxygens (including phenoxy) is 1. The van der Waals surface area contributed by atoms with Gasteiger partial charge in [-0.25, -0.2) is 0 Å². The van der Waals surface area contributed by atoms with Gasteiger partial charge in [0.25, 0.3) is 0 Å². The van der Waals surface area contributed by atoms with Crippen LogP contribution in [-0.4, -0.2) is 30.3 Å². The first kappa shape index (κ1) is 17.8. The van der Waals surface area contributed by atoms with Crippen LogP contribution in [0.15, 0.2) is 18.2 Å². The number of hydrogen-bond acceptors (Lipinski definition) is 3. The van der Waals surface area contributed by atoms with Gasteiger partial charge in [-0.2, -0.15) is 0 Å². The van der Waals surface area contributed by atoms with Gasteiger partial charge in [0, 0.05) is 6.42 Å². The van der Waals surface area contributed by atoms with Crippen LogP contribution in [0, 0.1) is 17.3 Å². The molecule has 4 rings (SSSR count). The topological polar surface area (TPSA) is 58.6 Å². The number of carbonyl (C=O) groups is 1. The van der Waals surface area contributed by atoms with E-state index in [1.165, 1.54) is 17.5 Å². The molecule has 4 nitrogen and oxygen atoms in total. The zero-order valence-corrected chi connectivity index (χ0v) is 16.1. The molecular weight excluding hydrogens is 326 g/mol. The SMILES string of the molecule is CCC(=O)N[C@H]1[C@H](O)C[C@H]2[C@@H]3CCc4cc(OC)ccc4[C@H]3CC[C@@]21C. The fraction of sp³-hybridized carbons (Fsp3) is 0.682. The summed E-state index contributed by atoms with van der Waals surface area (Å²) in [4.78, 5) is 12.0. The highest BCUT2D eigenvalue weighted by molar-refractivity contribution is 5.76. The van der Waals surface area contributed by atoms with Crippen molar-refractivity contribution < 1.29 is 14.6 Å². The van der Waals surface area contributed by atoms with Crippen molar-refractivity contribution in [3.8, 4) is 5.75 Å². The van der Waals surface area contributed by atoms with Crippen molar-refractivity contribution in [2.24, 2.45) is 17.3 Å². The largest absolute Gasteiger partial charge is 0.497 e. The fourth-order valence-electron chi connectivity index (χ4n) is 6.24. The van der Waals surface area contributed by atoms with Crippen LogP contribution in [0.5, 0.6) is 5.75 Å². The van der Waals surface area contributed by atoms with Crippen LogP contribution in [0.4, 0.5) is 0 Å².